The second kappa shape index (κ2) is 6.64. The van der Waals surface area contributed by atoms with Crippen LogP contribution in [-0.4, -0.2) is 54.3 Å². The summed E-state index contributed by atoms with van der Waals surface area (Å²) in [5.41, 5.74) is 0.792. The van der Waals surface area contributed by atoms with Gasteiger partial charge in [0.1, 0.15) is 0 Å². The lowest BCUT2D eigenvalue weighted by Crippen LogP contribution is -2.50. The van der Waals surface area contributed by atoms with Crippen molar-refractivity contribution < 1.29 is 4.79 Å². The molecule has 1 aromatic carbocycles. The third kappa shape index (κ3) is 4.13. The van der Waals surface area contributed by atoms with E-state index in [2.05, 4.69) is 39.6 Å². The first-order valence-electron chi connectivity index (χ1n) is 6.81. The minimum absolute atomic E-state index is 0.208. The molecule has 0 aromatic heterocycles. The van der Waals surface area contributed by atoms with E-state index in [1.54, 1.807) is 0 Å². The van der Waals surface area contributed by atoms with Gasteiger partial charge in [0.05, 0.1) is 6.54 Å². The van der Waals surface area contributed by atoms with Gasteiger partial charge in [0.15, 0.2) is 5.78 Å². The number of rotatable bonds is 4. The molecule has 0 saturated carbocycles. The Bertz CT molecular complexity index is 440. The lowest BCUT2D eigenvalue weighted by atomic mass is 10.1. The van der Waals surface area contributed by atoms with Crippen LogP contribution >= 0.6 is 15.9 Å². The first-order chi connectivity index (χ1) is 9.06. The Hall–Kier alpha value is -0.710. The Morgan fingerprint density at radius 2 is 1.95 bits per heavy atom. The number of hydrogen-bond acceptors (Lipinski definition) is 3. The molecule has 1 aliphatic heterocycles. The molecule has 0 aliphatic carbocycles. The van der Waals surface area contributed by atoms with Crippen LogP contribution in [-0.2, 0) is 0 Å². The zero-order chi connectivity index (χ0) is 13.8. The lowest BCUT2D eigenvalue weighted by molar-refractivity contribution is 0.0807. The summed E-state index contributed by atoms with van der Waals surface area (Å²) in [5, 5.41) is 0. The fraction of sp³-hybridized carbons (Fsp3) is 0.533. The molecule has 104 valence electrons. The highest BCUT2D eigenvalue weighted by Crippen LogP contribution is 2.13. The van der Waals surface area contributed by atoms with Crippen molar-refractivity contribution in [2.75, 3.05) is 32.7 Å². The van der Waals surface area contributed by atoms with Crippen LogP contribution in [0, 0.1) is 0 Å². The summed E-state index contributed by atoms with van der Waals surface area (Å²) < 4.78 is 0.961. The average Bonchev–Trinajstić information content (AvgIpc) is 2.39. The van der Waals surface area contributed by atoms with E-state index in [1.165, 1.54) is 0 Å². The highest BCUT2D eigenvalue weighted by Gasteiger charge is 2.20. The summed E-state index contributed by atoms with van der Waals surface area (Å²) in [7, 11) is 0. The molecule has 1 heterocycles. The first kappa shape index (κ1) is 14.7. The van der Waals surface area contributed by atoms with Gasteiger partial charge < -0.3 is 0 Å². The van der Waals surface area contributed by atoms with Crippen molar-refractivity contribution in [1.82, 2.24) is 9.80 Å². The molecule has 0 bridgehead atoms. The summed E-state index contributed by atoms with van der Waals surface area (Å²) in [6.45, 7) is 9.07. The fourth-order valence-electron chi connectivity index (χ4n) is 2.39. The molecule has 4 heteroatoms. The predicted octanol–water partition coefficient (Wildman–Crippen LogP) is 2.66. The third-order valence-electron chi connectivity index (χ3n) is 3.65. The number of piperazine rings is 1. The fourth-order valence-corrected chi connectivity index (χ4v) is 2.79. The Kier molecular flexibility index (Phi) is 5.13. The Balaban J connectivity index is 1.87. The predicted molar refractivity (Wildman–Crippen MR) is 81.6 cm³/mol. The van der Waals surface area contributed by atoms with Crippen molar-refractivity contribution in [2.45, 2.75) is 19.9 Å². The summed E-state index contributed by atoms with van der Waals surface area (Å²) in [6.07, 6.45) is 0. The second-order valence-electron chi connectivity index (χ2n) is 5.34. The van der Waals surface area contributed by atoms with E-state index >= 15 is 0 Å². The highest BCUT2D eigenvalue weighted by molar-refractivity contribution is 9.10. The van der Waals surface area contributed by atoms with Gasteiger partial charge >= 0.3 is 0 Å². The molecule has 19 heavy (non-hydrogen) atoms. The molecule has 3 nitrogen and oxygen atoms in total. The quantitative estimate of drug-likeness (QED) is 0.795. The summed E-state index contributed by atoms with van der Waals surface area (Å²) in [6, 6.07) is 8.24. The maximum absolute atomic E-state index is 12.2. The zero-order valence-corrected chi connectivity index (χ0v) is 13.2. The molecule has 0 spiro atoms. The van der Waals surface area contributed by atoms with Gasteiger partial charge in [0.2, 0.25) is 0 Å². The van der Waals surface area contributed by atoms with Gasteiger partial charge in [-0.25, -0.2) is 0 Å². The smallest absolute Gasteiger partial charge is 0.176 e. The summed E-state index contributed by atoms with van der Waals surface area (Å²) in [4.78, 5) is 16.9. The van der Waals surface area contributed by atoms with Crippen molar-refractivity contribution in [1.29, 1.82) is 0 Å². The van der Waals surface area contributed by atoms with Crippen molar-refractivity contribution in [3.05, 3.63) is 34.3 Å². The molecular formula is C15H21BrN2O. The van der Waals surface area contributed by atoms with E-state index in [4.69, 9.17) is 0 Å². The summed E-state index contributed by atoms with van der Waals surface area (Å²) in [5.74, 6) is 0.208. The number of halogens is 1. The zero-order valence-electron chi connectivity index (χ0n) is 11.6. The van der Waals surface area contributed by atoms with Crippen molar-refractivity contribution in [3.8, 4) is 0 Å². The highest BCUT2D eigenvalue weighted by atomic mass is 79.9. The Morgan fingerprint density at radius 1 is 1.26 bits per heavy atom. The maximum Gasteiger partial charge on any atom is 0.176 e. The molecule has 0 unspecified atom stereocenters. The minimum atomic E-state index is 0.208. The van der Waals surface area contributed by atoms with Crippen LogP contribution in [0.15, 0.2) is 28.7 Å². The number of carbonyl (C=O) groups is 1. The monoisotopic (exact) mass is 324 g/mol. The van der Waals surface area contributed by atoms with Crippen LogP contribution in [0.25, 0.3) is 0 Å². The van der Waals surface area contributed by atoms with Gasteiger partial charge in [-0.1, -0.05) is 28.1 Å². The number of nitrogens with zero attached hydrogens (tertiary/aromatic N) is 2. The third-order valence-corrected chi connectivity index (χ3v) is 4.14. The molecule has 2 rings (SSSR count). The van der Waals surface area contributed by atoms with Gasteiger partial charge in [-0.2, -0.15) is 0 Å². The minimum Gasteiger partial charge on any atom is -0.298 e. The second-order valence-corrected chi connectivity index (χ2v) is 6.26. The first-order valence-corrected chi connectivity index (χ1v) is 7.61. The van der Waals surface area contributed by atoms with Gasteiger partial charge in [-0.3, -0.25) is 14.6 Å². The van der Waals surface area contributed by atoms with E-state index in [1.807, 2.05) is 24.3 Å². The van der Waals surface area contributed by atoms with Crippen molar-refractivity contribution in [2.24, 2.45) is 0 Å². The van der Waals surface area contributed by atoms with Crippen LogP contribution in [0.1, 0.15) is 24.2 Å². The van der Waals surface area contributed by atoms with Crippen LogP contribution in [0.4, 0.5) is 0 Å². The maximum atomic E-state index is 12.2. The number of Topliss-reactive ketones (excluding diaryl/α,β-unsaturated/α-hetero) is 1. The number of ketones is 1. The topological polar surface area (TPSA) is 23.6 Å². The lowest BCUT2D eigenvalue weighted by Gasteiger charge is -2.36. The van der Waals surface area contributed by atoms with Crippen LogP contribution in [0.5, 0.6) is 0 Å². The van der Waals surface area contributed by atoms with E-state index in [9.17, 15) is 4.79 Å². The molecule has 1 fully saturated rings. The van der Waals surface area contributed by atoms with Crippen LogP contribution in [0.2, 0.25) is 0 Å². The number of carbonyl (C=O) groups excluding carboxylic acids is 1. The molecule has 1 saturated heterocycles. The Labute approximate surface area is 123 Å². The van der Waals surface area contributed by atoms with Gasteiger partial charge in [0.25, 0.3) is 0 Å². The Morgan fingerprint density at radius 3 is 2.53 bits per heavy atom. The van der Waals surface area contributed by atoms with Crippen molar-refractivity contribution in [3.63, 3.8) is 0 Å². The SMILES string of the molecule is CC(C)N1CCN(CC(=O)c2cccc(Br)c2)CC1. The molecule has 1 aliphatic rings. The van der Waals surface area contributed by atoms with E-state index in [-0.39, 0.29) is 5.78 Å². The molecule has 0 N–H and O–H groups in total. The van der Waals surface area contributed by atoms with Gasteiger partial charge in [-0.15, -0.1) is 0 Å². The molecule has 1 aromatic rings. The molecular weight excluding hydrogens is 304 g/mol. The van der Waals surface area contributed by atoms with E-state index in [0.717, 1.165) is 36.2 Å². The summed E-state index contributed by atoms with van der Waals surface area (Å²) >= 11 is 3.41. The average molecular weight is 325 g/mol. The van der Waals surface area contributed by atoms with Crippen LogP contribution in [0.3, 0.4) is 0 Å². The largest absolute Gasteiger partial charge is 0.298 e. The number of benzene rings is 1. The van der Waals surface area contributed by atoms with E-state index < -0.39 is 0 Å². The van der Waals surface area contributed by atoms with Gasteiger partial charge in [0, 0.05) is 42.3 Å². The molecule has 0 amide bonds. The standard InChI is InChI=1S/C15H21BrN2O/c1-12(2)18-8-6-17(7-9-18)11-15(19)13-4-3-5-14(16)10-13/h3-5,10,12H,6-9,11H2,1-2H3. The van der Waals surface area contributed by atoms with Crippen LogP contribution < -0.4 is 0 Å². The molecule has 0 atom stereocenters. The molecule has 0 radical (unpaired) electrons. The number of hydrogen-bond donors (Lipinski definition) is 0. The van der Waals surface area contributed by atoms with E-state index in [0.29, 0.717) is 12.6 Å². The van der Waals surface area contributed by atoms with Crippen molar-refractivity contribution >= 4 is 21.7 Å². The normalized spacial score (nSPS) is 17.9. The van der Waals surface area contributed by atoms with Gasteiger partial charge in [-0.05, 0) is 26.0 Å².